The molecule has 0 bridgehead atoms. The van der Waals surface area contributed by atoms with Crippen LogP contribution in [-0.2, 0) is 14.3 Å². The fourth-order valence-electron chi connectivity index (χ4n) is 2.29. The van der Waals surface area contributed by atoms with E-state index in [0.29, 0.717) is 16.3 Å². The fourth-order valence-corrected chi connectivity index (χ4v) is 2.66. The molecule has 0 saturated carbocycles. The first-order valence-corrected chi connectivity index (χ1v) is 8.30. The molecule has 0 unspecified atom stereocenters. The molecule has 0 radical (unpaired) electrons. The average Bonchev–Trinajstić information content (AvgIpc) is 2.61. The second-order valence-electron chi connectivity index (χ2n) is 5.70. The minimum Gasteiger partial charge on any atom is -0.454 e. The lowest BCUT2D eigenvalue weighted by atomic mass is 10.1. The summed E-state index contributed by atoms with van der Waals surface area (Å²) in [4.78, 5) is 35.4. The molecule has 0 atom stereocenters. The zero-order valence-electron chi connectivity index (χ0n) is 14.5. The molecule has 0 heterocycles. The summed E-state index contributed by atoms with van der Waals surface area (Å²) in [5.41, 5.74) is 2.70. The number of aryl methyl sites for hydroxylation is 2. The molecule has 0 aliphatic rings. The third-order valence-electron chi connectivity index (χ3n) is 3.49. The molecule has 2 amide bonds. The average molecular weight is 375 g/mol. The van der Waals surface area contributed by atoms with Crippen LogP contribution in [0.4, 0.5) is 5.69 Å². The zero-order chi connectivity index (χ0) is 19.1. The van der Waals surface area contributed by atoms with Crippen molar-refractivity contribution in [3.8, 4) is 0 Å². The SMILES string of the molecule is Cc1cc(C)c(NC(=O)COC(=O)CNC(=O)c2ccccc2)c(Cl)c1. The standard InChI is InChI=1S/C19H19ClN2O4/c1-12-8-13(2)18(15(20)9-12)22-16(23)11-26-17(24)10-21-19(25)14-6-4-3-5-7-14/h3-9H,10-11H2,1-2H3,(H,21,25)(H,22,23). The van der Waals surface area contributed by atoms with Gasteiger partial charge in [0.15, 0.2) is 6.61 Å². The molecule has 26 heavy (non-hydrogen) atoms. The lowest BCUT2D eigenvalue weighted by molar-refractivity contribution is -0.146. The predicted octanol–water partition coefficient (Wildman–Crippen LogP) is 2.87. The summed E-state index contributed by atoms with van der Waals surface area (Å²) in [7, 11) is 0. The molecule has 0 aliphatic carbocycles. The van der Waals surface area contributed by atoms with Crippen molar-refractivity contribution in [3.05, 3.63) is 64.2 Å². The van der Waals surface area contributed by atoms with E-state index in [2.05, 4.69) is 10.6 Å². The van der Waals surface area contributed by atoms with E-state index in [1.807, 2.05) is 19.9 Å². The van der Waals surface area contributed by atoms with Crippen LogP contribution in [0.15, 0.2) is 42.5 Å². The second kappa shape index (κ2) is 9.01. The van der Waals surface area contributed by atoms with Crippen molar-refractivity contribution in [1.82, 2.24) is 5.32 Å². The van der Waals surface area contributed by atoms with Crippen LogP contribution in [0.2, 0.25) is 5.02 Å². The van der Waals surface area contributed by atoms with Gasteiger partial charge in [-0.15, -0.1) is 0 Å². The van der Waals surface area contributed by atoms with E-state index >= 15 is 0 Å². The molecular weight excluding hydrogens is 356 g/mol. The van der Waals surface area contributed by atoms with Gasteiger partial charge >= 0.3 is 5.97 Å². The van der Waals surface area contributed by atoms with Crippen molar-refractivity contribution in [2.75, 3.05) is 18.5 Å². The smallest absolute Gasteiger partial charge is 0.325 e. The normalized spacial score (nSPS) is 10.1. The van der Waals surface area contributed by atoms with Gasteiger partial charge in [0, 0.05) is 5.56 Å². The maximum Gasteiger partial charge on any atom is 0.325 e. The van der Waals surface area contributed by atoms with Crippen molar-refractivity contribution in [2.24, 2.45) is 0 Å². The monoisotopic (exact) mass is 374 g/mol. The van der Waals surface area contributed by atoms with Crippen molar-refractivity contribution >= 4 is 35.1 Å². The molecule has 0 spiro atoms. The predicted molar refractivity (Wildman–Crippen MR) is 99.3 cm³/mol. The van der Waals surface area contributed by atoms with Gasteiger partial charge in [-0.1, -0.05) is 35.9 Å². The van der Waals surface area contributed by atoms with Crippen molar-refractivity contribution in [3.63, 3.8) is 0 Å². The van der Waals surface area contributed by atoms with E-state index in [1.165, 1.54) is 0 Å². The lowest BCUT2D eigenvalue weighted by Crippen LogP contribution is -2.32. The number of benzene rings is 2. The third-order valence-corrected chi connectivity index (χ3v) is 3.79. The number of rotatable bonds is 6. The van der Waals surface area contributed by atoms with Crippen molar-refractivity contribution in [2.45, 2.75) is 13.8 Å². The Labute approximate surface area is 156 Å². The maximum atomic E-state index is 11.9. The Balaban J connectivity index is 1.79. The highest BCUT2D eigenvalue weighted by Gasteiger charge is 2.13. The van der Waals surface area contributed by atoms with Gasteiger partial charge in [0.1, 0.15) is 6.54 Å². The Hall–Kier alpha value is -2.86. The summed E-state index contributed by atoms with van der Waals surface area (Å²) in [6.07, 6.45) is 0. The maximum absolute atomic E-state index is 11.9. The number of amides is 2. The van der Waals surface area contributed by atoms with Crippen LogP contribution in [-0.4, -0.2) is 30.9 Å². The quantitative estimate of drug-likeness (QED) is 0.761. The molecule has 2 aromatic rings. The molecular formula is C19H19ClN2O4. The minimum absolute atomic E-state index is 0.328. The number of hydrogen-bond donors (Lipinski definition) is 2. The Morgan fingerprint density at radius 3 is 2.42 bits per heavy atom. The van der Waals surface area contributed by atoms with E-state index in [0.717, 1.165) is 11.1 Å². The Morgan fingerprint density at radius 1 is 1.08 bits per heavy atom. The lowest BCUT2D eigenvalue weighted by Gasteiger charge is -2.12. The first kappa shape index (κ1) is 19.5. The van der Waals surface area contributed by atoms with Crippen LogP contribution in [0.5, 0.6) is 0 Å². The second-order valence-corrected chi connectivity index (χ2v) is 6.10. The molecule has 0 saturated heterocycles. The zero-order valence-corrected chi connectivity index (χ0v) is 15.2. The molecule has 2 N–H and O–H groups in total. The van der Waals surface area contributed by atoms with Gasteiger partial charge in [-0.3, -0.25) is 14.4 Å². The molecule has 6 nitrogen and oxygen atoms in total. The van der Waals surface area contributed by atoms with Gasteiger partial charge in [-0.25, -0.2) is 0 Å². The van der Waals surface area contributed by atoms with Crippen LogP contribution in [0.1, 0.15) is 21.5 Å². The highest BCUT2D eigenvalue weighted by molar-refractivity contribution is 6.34. The molecule has 136 valence electrons. The summed E-state index contributed by atoms with van der Waals surface area (Å²) in [6.45, 7) is 2.92. The summed E-state index contributed by atoms with van der Waals surface area (Å²) < 4.78 is 4.86. The molecule has 2 rings (SSSR count). The highest BCUT2D eigenvalue weighted by atomic mass is 35.5. The van der Waals surface area contributed by atoms with Crippen LogP contribution < -0.4 is 10.6 Å². The van der Waals surface area contributed by atoms with E-state index in [4.69, 9.17) is 16.3 Å². The fraction of sp³-hybridized carbons (Fsp3) is 0.211. The van der Waals surface area contributed by atoms with E-state index < -0.39 is 24.4 Å². The molecule has 0 fully saturated rings. The third kappa shape index (κ3) is 5.60. The first-order chi connectivity index (χ1) is 12.4. The van der Waals surface area contributed by atoms with E-state index in [1.54, 1.807) is 36.4 Å². The first-order valence-electron chi connectivity index (χ1n) is 7.92. The van der Waals surface area contributed by atoms with Gasteiger partial charge in [-0.05, 0) is 43.2 Å². The molecule has 2 aromatic carbocycles. The number of nitrogens with one attached hydrogen (secondary N) is 2. The number of halogens is 1. The van der Waals surface area contributed by atoms with Crippen molar-refractivity contribution < 1.29 is 19.1 Å². The number of ether oxygens (including phenoxy) is 1. The molecule has 0 aromatic heterocycles. The minimum atomic E-state index is -0.712. The molecule has 7 heteroatoms. The highest BCUT2D eigenvalue weighted by Crippen LogP contribution is 2.27. The number of carbonyl (C=O) groups is 3. The van der Waals surface area contributed by atoms with Crippen LogP contribution in [0.3, 0.4) is 0 Å². The van der Waals surface area contributed by atoms with E-state index in [9.17, 15) is 14.4 Å². The van der Waals surface area contributed by atoms with Gasteiger partial charge in [0.25, 0.3) is 11.8 Å². The Bertz CT molecular complexity index is 799. The largest absolute Gasteiger partial charge is 0.454 e. The Morgan fingerprint density at radius 2 is 1.77 bits per heavy atom. The van der Waals surface area contributed by atoms with Crippen LogP contribution >= 0.6 is 11.6 Å². The summed E-state index contributed by atoms with van der Waals surface area (Å²) >= 11 is 6.11. The number of anilines is 1. The summed E-state index contributed by atoms with van der Waals surface area (Å²) in [5, 5.41) is 5.46. The number of carbonyl (C=O) groups excluding carboxylic acids is 3. The number of hydrogen-bond acceptors (Lipinski definition) is 4. The summed E-state index contributed by atoms with van der Waals surface area (Å²) in [5.74, 6) is -1.62. The number of esters is 1. The topological polar surface area (TPSA) is 84.5 Å². The van der Waals surface area contributed by atoms with Gasteiger partial charge < -0.3 is 15.4 Å². The van der Waals surface area contributed by atoms with E-state index in [-0.39, 0.29) is 6.54 Å². The van der Waals surface area contributed by atoms with Crippen molar-refractivity contribution in [1.29, 1.82) is 0 Å². The van der Waals surface area contributed by atoms with Crippen LogP contribution in [0.25, 0.3) is 0 Å². The summed E-state index contributed by atoms with van der Waals surface area (Å²) in [6, 6.07) is 12.1. The molecule has 0 aliphatic heterocycles. The van der Waals surface area contributed by atoms with Gasteiger partial charge in [0.05, 0.1) is 10.7 Å². The van der Waals surface area contributed by atoms with Gasteiger partial charge in [-0.2, -0.15) is 0 Å². The Kier molecular flexibility index (Phi) is 6.74. The van der Waals surface area contributed by atoms with Gasteiger partial charge in [0.2, 0.25) is 0 Å². The van der Waals surface area contributed by atoms with Crippen LogP contribution in [0, 0.1) is 13.8 Å².